The summed E-state index contributed by atoms with van der Waals surface area (Å²) in [4.78, 5) is 13.2. The van der Waals surface area contributed by atoms with E-state index in [-0.39, 0.29) is 12.3 Å². The van der Waals surface area contributed by atoms with E-state index < -0.39 is 0 Å². The number of hydrogen-bond donors (Lipinski definition) is 2. The van der Waals surface area contributed by atoms with Crippen LogP contribution in [0.3, 0.4) is 0 Å². The first-order chi connectivity index (χ1) is 7.25. The highest BCUT2D eigenvalue weighted by molar-refractivity contribution is 6.32. The van der Waals surface area contributed by atoms with Crippen LogP contribution in [0.4, 0.5) is 0 Å². The normalized spacial score (nSPS) is 10.2. The van der Waals surface area contributed by atoms with Crippen molar-refractivity contribution in [3.8, 4) is 5.75 Å². The van der Waals surface area contributed by atoms with Crippen LogP contribution in [-0.4, -0.2) is 15.2 Å². The summed E-state index contributed by atoms with van der Waals surface area (Å²) in [6.45, 7) is 0.169. The summed E-state index contributed by atoms with van der Waals surface area (Å²) in [6, 6.07) is 7.09. The van der Waals surface area contributed by atoms with Crippen LogP contribution in [0.25, 0.3) is 0 Å². The van der Waals surface area contributed by atoms with Crippen molar-refractivity contribution in [3.63, 3.8) is 0 Å². The summed E-state index contributed by atoms with van der Waals surface area (Å²) in [5.74, 6) is 0.989. The molecule has 0 unspecified atom stereocenters. The lowest BCUT2D eigenvalue weighted by molar-refractivity contribution is 0.296. The monoisotopic (exact) mass is 225 g/mol. The largest absolute Gasteiger partial charge is 0.484 e. The molecule has 6 heteroatoms. The Morgan fingerprint density at radius 1 is 1.40 bits per heavy atom. The second kappa shape index (κ2) is 4.18. The Kier molecular flexibility index (Phi) is 2.73. The maximum absolute atomic E-state index is 10.7. The zero-order valence-electron chi connectivity index (χ0n) is 7.66. The fourth-order valence-electron chi connectivity index (χ4n) is 1.08. The SMILES string of the molecule is O=c1[nH]nc(COc2ccccc2Cl)[nH]1. The number of benzene rings is 1. The number of H-pyrrole nitrogens is 2. The van der Waals surface area contributed by atoms with Crippen molar-refractivity contribution in [2.24, 2.45) is 0 Å². The quantitative estimate of drug-likeness (QED) is 0.828. The highest BCUT2D eigenvalue weighted by Crippen LogP contribution is 2.23. The second-order valence-corrected chi connectivity index (χ2v) is 3.25. The van der Waals surface area contributed by atoms with Gasteiger partial charge in [0.25, 0.3) is 0 Å². The fourth-order valence-corrected chi connectivity index (χ4v) is 1.27. The molecule has 0 bridgehead atoms. The molecule has 15 heavy (non-hydrogen) atoms. The second-order valence-electron chi connectivity index (χ2n) is 2.84. The van der Waals surface area contributed by atoms with E-state index >= 15 is 0 Å². The molecule has 0 saturated carbocycles. The van der Waals surface area contributed by atoms with E-state index in [1.807, 2.05) is 12.1 Å². The first-order valence-corrected chi connectivity index (χ1v) is 4.64. The molecule has 0 saturated heterocycles. The van der Waals surface area contributed by atoms with Crippen molar-refractivity contribution in [1.29, 1.82) is 0 Å². The Morgan fingerprint density at radius 3 is 2.87 bits per heavy atom. The van der Waals surface area contributed by atoms with Gasteiger partial charge in [0.15, 0.2) is 5.82 Å². The van der Waals surface area contributed by atoms with Gasteiger partial charge in [-0.05, 0) is 12.1 Å². The maximum atomic E-state index is 10.7. The first-order valence-electron chi connectivity index (χ1n) is 4.26. The van der Waals surface area contributed by atoms with Crippen LogP contribution in [0.1, 0.15) is 5.82 Å². The first kappa shape index (κ1) is 9.79. The number of aromatic amines is 2. The van der Waals surface area contributed by atoms with Gasteiger partial charge in [-0.3, -0.25) is 4.98 Å². The third-order valence-electron chi connectivity index (χ3n) is 1.75. The lowest BCUT2D eigenvalue weighted by Crippen LogP contribution is -2.03. The number of para-hydroxylation sites is 1. The van der Waals surface area contributed by atoms with Gasteiger partial charge in [0.2, 0.25) is 0 Å². The maximum Gasteiger partial charge on any atom is 0.340 e. The van der Waals surface area contributed by atoms with Gasteiger partial charge in [0, 0.05) is 0 Å². The van der Waals surface area contributed by atoms with E-state index in [0.29, 0.717) is 16.6 Å². The van der Waals surface area contributed by atoms with E-state index in [9.17, 15) is 4.79 Å². The molecule has 0 spiro atoms. The van der Waals surface area contributed by atoms with Crippen LogP contribution in [0.5, 0.6) is 5.75 Å². The van der Waals surface area contributed by atoms with Gasteiger partial charge in [0.05, 0.1) is 5.02 Å². The summed E-state index contributed by atoms with van der Waals surface area (Å²) in [7, 11) is 0. The van der Waals surface area contributed by atoms with Crippen molar-refractivity contribution >= 4 is 11.6 Å². The molecule has 0 aliphatic rings. The Hall–Kier alpha value is -1.75. The molecule has 2 aromatic rings. The van der Waals surface area contributed by atoms with Crippen LogP contribution in [0.2, 0.25) is 5.02 Å². The molecule has 0 aliphatic carbocycles. The number of hydrogen-bond acceptors (Lipinski definition) is 3. The Bertz CT molecular complexity index is 506. The van der Waals surface area contributed by atoms with E-state index in [2.05, 4.69) is 15.2 Å². The molecule has 1 heterocycles. The minimum Gasteiger partial charge on any atom is -0.484 e. The topological polar surface area (TPSA) is 70.8 Å². The molecule has 1 aromatic heterocycles. The average molecular weight is 226 g/mol. The molecule has 0 atom stereocenters. The van der Waals surface area contributed by atoms with Gasteiger partial charge in [-0.15, -0.1) is 0 Å². The highest BCUT2D eigenvalue weighted by atomic mass is 35.5. The Balaban J connectivity index is 2.05. The lowest BCUT2D eigenvalue weighted by atomic mass is 10.3. The van der Waals surface area contributed by atoms with Crippen LogP contribution in [0.15, 0.2) is 29.1 Å². The molecule has 0 radical (unpaired) electrons. The molecule has 0 aliphatic heterocycles. The predicted octanol–water partition coefficient (Wildman–Crippen LogP) is 1.33. The average Bonchev–Trinajstić information content (AvgIpc) is 2.63. The molecule has 78 valence electrons. The highest BCUT2D eigenvalue weighted by Gasteiger charge is 2.02. The number of rotatable bonds is 3. The van der Waals surface area contributed by atoms with E-state index in [1.165, 1.54) is 0 Å². The Labute approximate surface area is 90.0 Å². The number of aromatic nitrogens is 3. The molecule has 5 nitrogen and oxygen atoms in total. The number of nitrogens with zero attached hydrogens (tertiary/aromatic N) is 1. The molecule has 0 amide bonds. The number of nitrogens with one attached hydrogen (secondary N) is 2. The molecule has 0 fully saturated rings. The van der Waals surface area contributed by atoms with Gasteiger partial charge >= 0.3 is 5.69 Å². The lowest BCUT2D eigenvalue weighted by Gasteiger charge is -2.04. The smallest absolute Gasteiger partial charge is 0.340 e. The van der Waals surface area contributed by atoms with Crippen molar-refractivity contribution < 1.29 is 4.74 Å². The van der Waals surface area contributed by atoms with Gasteiger partial charge in [0.1, 0.15) is 12.4 Å². The summed E-state index contributed by atoms with van der Waals surface area (Å²) >= 11 is 5.87. The third kappa shape index (κ3) is 2.38. The van der Waals surface area contributed by atoms with Crippen LogP contribution >= 0.6 is 11.6 Å². The summed E-state index contributed by atoms with van der Waals surface area (Å²) in [5, 5.41) is 6.47. The Morgan fingerprint density at radius 2 is 2.20 bits per heavy atom. The van der Waals surface area contributed by atoms with Crippen molar-refractivity contribution in [2.75, 3.05) is 0 Å². The number of ether oxygens (including phenoxy) is 1. The predicted molar refractivity (Wildman–Crippen MR) is 55.0 cm³/mol. The summed E-state index contributed by atoms with van der Waals surface area (Å²) in [5.41, 5.74) is -0.354. The molecule has 2 N–H and O–H groups in total. The third-order valence-corrected chi connectivity index (χ3v) is 2.06. The molecule has 2 rings (SSSR count). The molecule has 1 aromatic carbocycles. The van der Waals surface area contributed by atoms with Crippen LogP contribution in [-0.2, 0) is 6.61 Å². The van der Waals surface area contributed by atoms with Gasteiger partial charge in [-0.1, -0.05) is 23.7 Å². The minimum absolute atomic E-state index is 0.169. The van der Waals surface area contributed by atoms with E-state index in [4.69, 9.17) is 16.3 Å². The minimum atomic E-state index is -0.354. The van der Waals surface area contributed by atoms with Crippen molar-refractivity contribution in [1.82, 2.24) is 15.2 Å². The zero-order chi connectivity index (χ0) is 10.7. The standard InChI is InChI=1S/C9H8ClN3O2/c10-6-3-1-2-4-7(6)15-5-8-11-9(14)13-12-8/h1-4H,5H2,(H2,11,12,13,14). The van der Waals surface area contributed by atoms with Crippen molar-refractivity contribution in [3.05, 3.63) is 45.6 Å². The van der Waals surface area contributed by atoms with Crippen molar-refractivity contribution in [2.45, 2.75) is 6.61 Å². The fraction of sp³-hybridized carbons (Fsp3) is 0.111. The molecular weight excluding hydrogens is 218 g/mol. The summed E-state index contributed by atoms with van der Waals surface area (Å²) in [6.07, 6.45) is 0. The summed E-state index contributed by atoms with van der Waals surface area (Å²) < 4.78 is 5.35. The molecular formula is C9H8ClN3O2. The van der Waals surface area contributed by atoms with E-state index in [1.54, 1.807) is 12.1 Å². The van der Waals surface area contributed by atoms with Gasteiger partial charge < -0.3 is 4.74 Å². The van der Waals surface area contributed by atoms with Crippen LogP contribution < -0.4 is 10.4 Å². The van der Waals surface area contributed by atoms with Crippen LogP contribution in [0, 0.1) is 0 Å². The zero-order valence-corrected chi connectivity index (χ0v) is 8.41. The van der Waals surface area contributed by atoms with E-state index in [0.717, 1.165) is 0 Å². The number of halogens is 1. The van der Waals surface area contributed by atoms with Gasteiger partial charge in [-0.2, -0.15) is 5.10 Å². The van der Waals surface area contributed by atoms with Gasteiger partial charge in [-0.25, -0.2) is 9.89 Å².